The van der Waals surface area contributed by atoms with E-state index in [0.29, 0.717) is 30.9 Å². The second kappa shape index (κ2) is 12.1. The number of ether oxygens (including phenoxy) is 1. The molecule has 0 spiro atoms. The van der Waals surface area contributed by atoms with Crippen molar-refractivity contribution in [2.45, 2.75) is 19.3 Å². The van der Waals surface area contributed by atoms with E-state index in [0.717, 1.165) is 42.0 Å². The third-order valence-electron chi connectivity index (χ3n) is 5.62. The first-order valence-corrected chi connectivity index (χ1v) is 11.4. The molecule has 1 aliphatic heterocycles. The SMILES string of the molecule is CN(C)CCOc1ccc(N2N=C3c4cc(F)ccc4CCC3CC2=O)cc1.O=C(O)C=CC(=O)O. The molecule has 0 aromatic heterocycles. The number of hydrogen-bond acceptors (Lipinski definition) is 6. The zero-order chi connectivity index (χ0) is 26.2. The number of benzene rings is 2. The predicted molar refractivity (Wildman–Crippen MR) is 132 cm³/mol. The van der Waals surface area contributed by atoms with Crippen molar-refractivity contribution in [3.63, 3.8) is 0 Å². The van der Waals surface area contributed by atoms with E-state index in [-0.39, 0.29) is 17.6 Å². The van der Waals surface area contributed by atoms with Crippen molar-refractivity contribution >= 4 is 29.2 Å². The van der Waals surface area contributed by atoms with Gasteiger partial charge in [-0.05, 0) is 68.9 Å². The van der Waals surface area contributed by atoms with Crippen LogP contribution in [0.15, 0.2) is 59.7 Å². The van der Waals surface area contributed by atoms with Gasteiger partial charge in [-0.25, -0.2) is 19.0 Å². The van der Waals surface area contributed by atoms with Crippen molar-refractivity contribution in [1.29, 1.82) is 0 Å². The fraction of sp³-hybridized carbons (Fsp3) is 0.308. The molecule has 1 atom stereocenters. The third-order valence-corrected chi connectivity index (χ3v) is 5.62. The molecule has 0 radical (unpaired) electrons. The number of amides is 1. The molecule has 2 N–H and O–H groups in total. The van der Waals surface area contributed by atoms with Crippen LogP contribution in [0.2, 0.25) is 0 Å². The second-order valence-corrected chi connectivity index (χ2v) is 8.59. The number of hydrazone groups is 1. The highest BCUT2D eigenvalue weighted by Crippen LogP contribution is 2.34. The van der Waals surface area contributed by atoms with Crippen LogP contribution in [0.25, 0.3) is 0 Å². The molecule has 0 bridgehead atoms. The number of carbonyl (C=O) groups is 3. The normalized spacial score (nSPS) is 16.6. The van der Waals surface area contributed by atoms with E-state index in [2.05, 4.69) is 10.0 Å². The molecular weight excluding hydrogens is 469 g/mol. The lowest BCUT2D eigenvalue weighted by molar-refractivity contribution is -0.134. The van der Waals surface area contributed by atoms with E-state index in [1.54, 1.807) is 0 Å². The number of carboxylic acids is 2. The molecule has 0 saturated carbocycles. The largest absolute Gasteiger partial charge is 0.492 e. The number of carbonyl (C=O) groups excluding carboxylic acids is 1. The van der Waals surface area contributed by atoms with Crippen LogP contribution in [0.1, 0.15) is 24.0 Å². The minimum Gasteiger partial charge on any atom is -0.492 e. The quantitative estimate of drug-likeness (QED) is 0.564. The molecule has 9 nitrogen and oxygen atoms in total. The molecule has 190 valence electrons. The van der Waals surface area contributed by atoms with E-state index in [1.807, 2.05) is 44.4 Å². The highest BCUT2D eigenvalue weighted by molar-refractivity contribution is 6.11. The maximum atomic E-state index is 13.8. The third kappa shape index (κ3) is 7.22. The number of halogens is 1. The van der Waals surface area contributed by atoms with Gasteiger partial charge in [0.2, 0.25) is 5.91 Å². The smallest absolute Gasteiger partial charge is 0.328 e. The van der Waals surface area contributed by atoms with Crippen LogP contribution < -0.4 is 9.75 Å². The van der Waals surface area contributed by atoms with Crippen LogP contribution in [0, 0.1) is 11.7 Å². The Kier molecular flexibility index (Phi) is 8.91. The van der Waals surface area contributed by atoms with Gasteiger partial charge in [0.1, 0.15) is 18.2 Å². The maximum absolute atomic E-state index is 13.8. The monoisotopic (exact) mass is 497 g/mol. The number of hydrogen-bond donors (Lipinski definition) is 2. The summed E-state index contributed by atoms with van der Waals surface area (Å²) in [6.07, 6.45) is 3.24. The highest BCUT2D eigenvalue weighted by atomic mass is 19.1. The Morgan fingerprint density at radius 1 is 1.14 bits per heavy atom. The van der Waals surface area contributed by atoms with Gasteiger partial charge in [0.05, 0.1) is 11.4 Å². The molecular formula is C26H28FN3O6. The molecule has 2 aliphatic rings. The number of rotatable bonds is 7. The molecule has 36 heavy (non-hydrogen) atoms. The van der Waals surface area contributed by atoms with Gasteiger partial charge in [0.25, 0.3) is 0 Å². The van der Waals surface area contributed by atoms with Crippen molar-refractivity contribution in [1.82, 2.24) is 4.90 Å². The number of nitrogens with zero attached hydrogens (tertiary/aromatic N) is 3. The van der Waals surface area contributed by atoms with Crippen molar-refractivity contribution in [2.75, 3.05) is 32.3 Å². The molecule has 1 heterocycles. The maximum Gasteiger partial charge on any atom is 0.328 e. The van der Waals surface area contributed by atoms with Crippen LogP contribution in [0.5, 0.6) is 5.75 Å². The minimum atomic E-state index is -1.26. The standard InChI is InChI=1S/C22H24FN3O2.C4H4O4/c1-25(2)11-12-28-19-9-7-18(8-10-19)26-21(27)13-16-4-3-15-5-6-17(23)14-20(15)22(16)24-26;5-3(6)1-2-4(7)8/h5-10,14,16H,3-4,11-13H2,1-2H3;1-2H,(H,5,6)(H,7,8). The van der Waals surface area contributed by atoms with Crippen LogP contribution in [-0.4, -0.2) is 65.9 Å². The van der Waals surface area contributed by atoms with Gasteiger partial charge in [-0.2, -0.15) is 5.10 Å². The number of aliphatic carboxylic acids is 2. The zero-order valence-electron chi connectivity index (χ0n) is 20.1. The summed E-state index contributed by atoms with van der Waals surface area (Å²) in [5.74, 6) is -2.00. The summed E-state index contributed by atoms with van der Waals surface area (Å²) in [6.45, 7) is 1.43. The number of carboxylic acid groups (broad SMARTS) is 2. The fourth-order valence-corrected chi connectivity index (χ4v) is 3.86. The highest BCUT2D eigenvalue weighted by Gasteiger charge is 2.34. The molecule has 0 saturated heterocycles. The van der Waals surface area contributed by atoms with Gasteiger partial charge in [-0.1, -0.05) is 6.07 Å². The lowest BCUT2D eigenvalue weighted by Gasteiger charge is -2.33. The Morgan fingerprint density at radius 2 is 1.81 bits per heavy atom. The summed E-state index contributed by atoms with van der Waals surface area (Å²) >= 11 is 0. The fourth-order valence-electron chi connectivity index (χ4n) is 3.86. The van der Waals surface area contributed by atoms with Crippen molar-refractivity contribution < 1.29 is 33.7 Å². The summed E-state index contributed by atoms with van der Waals surface area (Å²) in [5, 5.41) is 21.7. The first-order valence-electron chi connectivity index (χ1n) is 11.4. The van der Waals surface area contributed by atoms with Crippen molar-refractivity contribution in [3.05, 3.63) is 71.6 Å². The Balaban J connectivity index is 0.000000392. The summed E-state index contributed by atoms with van der Waals surface area (Å²) in [5.41, 5.74) is 3.43. The first-order chi connectivity index (χ1) is 17.1. The predicted octanol–water partition coefficient (Wildman–Crippen LogP) is 3.18. The topological polar surface area (TPSA) is 120 Å². The van der Waals surface area contributed by atoms with Gasteiger partial charge in [-0.15, -0.1) is 0 Å². The summed E-state index contributed by atoms with van der Waals surface area (Å²) in [7, 11) is 3.99. The van der Waals surface area contributed by atoms with E-state index in [9.17, 15) is 18.8 Å². The number of fused-ring (bicyclic) bond motifs is 3. The van der Waals surface area contributed by atoms with Crippen molar-refractivity contribution in [3.8, 4) is 5.75 Å². The average Bonchev–Trinajstić information content (AvgIpc) is 2.83. The molecule has 1 aliphatic carbocycles. The van der Waals surface area contributed by atoms with E-state index >= 15 is 0 Å². The van der Waals surface area contributed by atoms with Gasteiger partial charge in [-0.3, -0.25) is 4.79 Å². The molecule has 2 aromatic rings. The average molecular weight is 498 g/mol. The van der Waals surface area contributed by atoms with Crippen molar-refractivity contribution in [2.24, 2.45) is 11.0 Å². The molecule has 4 rings (SSSR count). The Bertz CT molecular complexity index is 1160. The van der Waals surface area contributed by atoms with Gasteiger partial charge < -0.3 is 19.8 Å². The number of anilines is 1. The Labute approximate surface area is 208 Å². The zero-order valence-corrected chi connectivity index (χ0v) is 20.1. The van der Waals surface area contributed by atoms with Crippen LogP contribution in [0.4, 0.5) is 10.1 Å². The van der Waals surface area contributed by atoms with E-state index < -0.39 is 11.9 Å². The van der Waals surface area contributed by atoms with Gasteiger partial charge >= 0.3 is 11.9 Å². The minimum absolute atomic E-state index is 0.0325. The van der Waals surface area contributed by atoms with Crippen LogP contribution >= 0.6 is 0 Å². The van der Waals surface area contributed by atoms with Gasteiger partial charge in [0.15, 0.2) is 0 Å². The molecule has 1 amide bonds. The van der Waals surface area contributed by atoms with E-state index in [1.165, 1.54) is 17.1 Å². The molecule has 2 aromatic carbocycles. The molecule has 0 fully saturated rings. The second-order valence-electron chi connectivity index (χ2n) is 8.59. The molecule has 10 heteroatoms. The molecule has 1 unspecified atom stereocenters. The summed E-state index contributed by atoms with van der Waals surface area (Å²) < 4.78 is 19.5. The Hall–Kier alpha value is -4.05. The summed E-state index contributed by atoms with van der Waals surface area (Å²) in [4.78, 5) is 33.8. The van der Waals surface area contributed by atoms with Crippen LogP contribution in [-0.2, 0) is 20.8 Å². The van der Waals surface area contributed by atoms with E-state index in [4.69, 9.17) is 14.9 Å². The van der Waals surface area contributed by atoms with Crippen LogP contribution in [0.3, 0.4) is 0 Å². The first kappa shape index (κ1) is 26.6. The number of likely N-dealkylation sites (N-methyl/N-ethyl adjacent to an activating group) is 1. The lowest BCUT2D eigenvalue weighted by atomic mass is 9.79. The number of aryl methyl sites for hydroxylation is 1. The summed E-state index contributed by atoms with van der Waals surface area (Å²) in [6, 6.07) is 12.2. The lowest BCUT2D eigenvalue weighted by Crippen LogP contribution is -2.39. The van der Waals surface area contributed by atoms with Gasteiger partial charge in [0, 0.05) is 36.6 Å². The Morgan fingerprint density at radius 3 is 2.42 bits per heavy atom.